The third kappa shape index (κ3) is 3.11. The van der Waals surface area contributed by atoms with E-state index < -0.39 is 11.9 Å². The summed E-state index contributed by atoms with van der Waals surface area (Å²) in [6, 6.07) is 7.70. The molecule has 1 aromatic heterocycles. The number of nitrogens with one attached hydrogen (secondary N) is 3. The van der Waals surface area contributed by atoms with Crippen molar-refractivity contribution < 1.29 is 14.4 Å². The third-order valence-corrected chi connectivity index (χ3v) is 6.40. The molecule has 146 valence electrons. The van der Waals surface area contributed by atoms with Gasteiger partial charge in [-0.15, -0.1) is 16.9 Å². The van der Waals surface area contributed by atoms with E-state index in [0.29, 0.717) is 11.4 Å². The summed E-state index contributed by atoms with van der Waals surface area (Å²) in [5.74, 6) is -0.419. The van der Waals surface area contributed by atoms with Crippen LogP contribution in [0.3, 0.4) is 0 Å². The number of H-pyrrole nitrogens is 1. The van der Waals surface area contributed by atoms with Crippen molar-refractivity contribution in [2.24, 2.45) is 0 Å². The van der Waals surface area contributed by atoms with Gasteiger partial charge in [0.2, 0.25) is 11.8 Å². The molecule has 2 unspecified atom stereocenters. The van der Waals surface area contributed by atoms with E-state index in [1.807, 2.05) is 13.8 Å². The molecule has 2 saturated heterocycles. The predicted octanol–water partition coefficient (Wildman–Crippen LogP) is -0.151. The summed E-state index contributed by atoms with van der Waals surface area (Å²) >= 11 is 1.59. The molecule has 10 nitrogen and oxygen atoms in total. The van der Waals surface area contributed by atoms with Gasteiger partial charge in [0.15, 0.2) is 5.82 Å². The molecule has 2 aromatic rings. The lowest BCUT2D eigenvalue weighted by Crippen LogP contribution is -2.68. The first-order valence-corrected chi connectivity index (χ1v) is 9.62. The molecule has 11 heteroatoms. The normalized spacial score (nSPS) is 25.0. The summed E-state index contributed by atoms with van der Waals surface area (Å²) in [4.78, 5) is 38.6. The molecule has 0 saturated carbocycles. The zero-order valence-corrected chi connectivity index (χ0v) is 16.1. The maximum absolute atomic E-state index is 12.7. The second kappa shape index (κ2) is 6.89. The Morgan fingerprint density at radius 2 is 2.04 bits per heavy atom. The molecule has 2 fully saturated rings. The molecule has 2 aliphatic rings. The highest BCUT2D eigenvalue weighted by Crippen LogP contribution is 2.56. The number of carbonyl (C=O) groups excluding carboxylic acids is 3. The van der Waals surface area contributed by atoms with Crippen molar-refractivity contribution in [3.05, 3.63) is 41.7 Å². The van der Waals surface area contributed by atoms with Crippen LogP contribution in [0.15, 0.2) is 30.3 Å². The van der Waals surface area contributed by atoms with Gasteiger partial charge in [0, 0.05) is 10.3 Å². The summed E-state index contributed by atoms with van der Waals surface area (Å²) in [6.07, 6.45) is 0. The Kier molecular flexibility index (Phi) is 4.53. The van der Waals surface area contributed by atoms with Gasteiger partial charge in [-0.2, -0.15) is 0 Å². The average Bonchev–Trinajstić information content (AvgIpc) is 3.29. The van der Waals surface area contributed by atoms with Gasteiger partial charge in [0.25, 0.3) is 5.91 Å². The molecule has 3 amide bonds. The van der Waals surface area contributed by atoms with Crippen molar-refractivity contribution in [2.75, 3.05) is 6.54 Å². The summed E-state index contributed by atoms with van der Waals surface area (Å²) < 4.78 is -0.317. The number of aromatic amines is 1. The number of β-lactam (4-membered cyclic amide) rings is 1. The number of tetrazole rings is 1. The van der Waals surface area contributed by atoms with Gasteiger partial charge in [0.05, 0.1) is 6.54 Å². The predicted molar refractivity (Wildman–Crippen MR) is 99.9 cm³/mol. The van der Waals surface area contributed by atoms with E-state index in [1.54, 1.807) is 47.0 Å². The molecule has 3 heterocycles. The van der Waals surface area contributed by atoms with Crippen molar-refractivity contribution in [1.82, 2.24) is 36.2 Å². The quantitative estimate of drug-likeness (QED) is 0.593. The fourth-order valence-electron chi connectivity index (χ4n) is 3.55. The number of hydrogen-bond donors (Lipinski definition) is 3. The molecular weight excluding hydrogens is 382 g/mol. The molecular formula is C17H19N7O3S. The Balaban J connectivity index is 1.36. The lowest BCUT2D eigenvalue weighted by molar-refractivity contribution is -0.151. The molecule has 1 aromatic carbocycles. The van der Waals surface area contributed by atoms with Crippen molar-refractivity contribution in [1.29, 1.82) is 0 Å². The van der Waals surface area contributed by atoms with Gasteiger partial charge in [-0.1, -0.05) is 18.2 Å². The van der Waals surface area contributed by atoms with Crippen LogP contribution in [0.1, 0.15) is 36.1 Å². The highest BCUT2D eigenvalue weighted by atomic mass is 32.2. The van der Waals surface area contributed by atoms with Gasteiger partial charge in [-0.3, -0.25) is 14.4 Å². The van der Waals surface area contributed by atoms with E-state index >= 15 is 0 Å². The molecule has 0 bridgehead atoms. The number of aromatic nitrogens is 4. The Hall–Kier alpha value is -2.95. The standard InChI is InChI=1S/C17H19N7O3S/c1-17(2)12(13-20-22-23-21-13)24-15(27)11(16(24)28-17)19-10(25)8-18-14(26)9-6-4-3-5-7-9/h3-7,11-12,16H,8H2,1-2H3,(H,18,26)(H,19,25)(H,20,21,22,23)/t11?,12?,16-/m1/s1. The number of amides is 3. The summed E-state index contributed by atoms with van der Waals surface area (Å²) in [7, 11) is 0. The van der Waals surface area contributed by atoms with Gasteiger partial charge in [-0.25, -0.2) is 5.10 Å². The highest BCUT2D eigenvalue weighted by Gasteiger charge is 2.63. The first kappa shape index (κ1) is 18.4. The SMILES string of the molecule is CC1(C)S[C@@H]2C(NC(=O)CNC(=O)c3ccccc3)C(=O)N2C1c1nnn[nH]1. The van der Waals surface area contributed by atoms with Gasteiger partial charge in [0.1, 0.15) is 17.5 Å². The zero-order chi connectivity index (χ0) is 19.9. The lowest BCUT2D eigenvalue weighted by atomic mass is 9.95. The molecule has 3 atom stereocenters. The van der Waals surface area contributed by atoms with E-state index in [-0.39, 0.29) is 34.5 Å². The number of carbonyl (C=O) groups is 3. The van der Waals surface area contributed by atoms with E-state index in [4.69, 9.17) is 0 Å². The van der Waals surface area contributed by atoms with E-state index in [1.165, 1.54) is 0 Å². The van der Waals surface area contributed by atoms with Crippen LogP contribution in [-0.2, 0) is 9.59 Å². The molecule has 0 aliphatic carbocycles. The van der Waals surface area contributed by atoms with Crippen LogP contribution < -0.4 is 10.6 Å². The smallest absolute Gasteiger partial charge is 0.251 e. The lowest BCUT2D eigenvalue weighted by Gasteiger charge is -2.44. The van der Waals surface area contributed by atoms with Crippen molar-refractivity contribution in [3.8, 4) is 0 Å². The maximum atomic E-state index is 12.7. The number of thioether (sulfide) groups is 1. The fourth-order valence-corrected chi connectivity index (χ4v) is 5.19. The van der Waals surface area contributed by atoms with E-state index in [9.17, 15) is 14.4 Å². The summed E-state index contributed by atoms with van der Waals surface area (Å²) in [5.41, 5.74) is 0.470. The fraction of sp³-hybridized carbons (Fsp3) is 0.412. The minimum Gasteiger partial charge on any atom is -0.343 e. The Labute approximate surface area is 164 Å². The van der Waals surface area contributed by atoms with Crippen LogP contribution in [0.25, 0.3) is 0 Å². The molecule has 28 heavy (non-hydrogen) atoms. The van der Waals surface area contributed by atoms with Crippen molar-refractivity contribution >= 4 is 29.5 Å². The van der Waals surface area contributed by atoms with Crippen LogP contribution in [-0.4, -0.2) is 66.0 Å². The van der Waals surface area contributed by atoms with Crippen LogP contribution >= 0.6 is 11.8 Å². The molecule has 3 N–H and O–H groups in total. The summed E-state index contributed by atoms with van der Waals surface area (Å²) in [6.45, 7) is 3.82. The second-order valence-corrected chi connectivity index (χ2v) is 8.91. The first-order valence-electron chi connectivity index (χ1n) is 8.75. The number of nitrogens with zero attached hydrogens (tertiary/aromatic N) is 4. The molecule has 2 aliphatic heterocycles. The minimum absolute atomic E-state index is 0.188. The maximum Gasteiger partial charge on any atom is 0.251 e. The number of fused-ring (bicyclic) bond motifs is 1. The van der Waals surface area contributed by atoms with Crippen molar-refractivity contribution in [2.45, 2.75) is 36.1 Å². The topological polar surface area (TPSA) is 133 Å². The van der Waals surface area contributed by atoms with Crippen LogP contribution in [0.2, 0.25) is 0 Å². The van der Waals surface area contributed by atoms with Gasteiger partial charge in [-0.05, 0) is 36.4 Å². The second-order valence-electron chi connectivity index (χ2n) is 7.14. The minimum atomic E-state index is -0.633. The van der Waals surface area contributed by atoms with Crippen LogP contribution in [0.5, 0.6) is 0 Å². The van der Waals surface area contributed by atoms with Crippen LogP contribution in [0.4, 0.5) is 0 Å². The molecule has 4 rings (SSSR count). The number of hydrogen-bond acceptors (Lipinski definition) is 7. The Morgan fingerprint density at radius 3 is 2.71 bits per heavy atom. The van der Waals surface area contributed by atoms with Gasteiger partial charge < -0.3 is 15.5 Å². The van der Waals surface area contributed by atoms with Gasteiger partial charge >= 0.3 is 0 Å². The van der Waals surface area contributed by atoms with Crippen molar-refractivity contribution in [3.63, 3.8) is 0 Å². The van der Waals surface area contributed by atoms with E-state index in [2.05, 4.69) is 31.3 Å². The monoisotopic (exact) mass is 401 g/mol. The number of rotatable bonds is 5. The molecule has 0 radical (unpaired) electrons. The van der Waals surface area contributed by atoms with Crippen LogP contribution in [0, 0.1) is 0 Å². The Morgan fingerprint density at radius 1 is 1.29 bits per heavy atom. The highest BCUT2D eigenvalue weighted by molar-refractivity contribution is 8.01. The third-order valence-electron chi connectivity index (χ3n) is 4.82. The molecule has 0 spiro atoms. The summed E-state index contributed by atoms with van der Waals surface area (Å²) in [5, 5.41) is 19.0. The number of benzene rings is 1. The average molecular weight is 401 g/mol. The Bertz CT molecular complexity index is 903. The first-order chi connectivity index (χ1) is 13.4. The van der Waals surface area contributed by atoms with E-state index in [0.717, 1.165) is 0 Å². The zero-order valence-electron chi connectivity index (χ0n) is 15.2. The largest absolute Gasteiger partial charge is 0.343 e.